The number of nitrogens with zero attached hydrogens (tertiary/aromatic N) is 5. The van der Waals surface area contributed by atoms with Gasteiger partial charge in [-0.15, -0.1) is 0 Å². The Morgan fingerprint density at radius 1 is 1.28 bits per heavy atom. The minimum Gasteiger partial charge on any atom is -0.492 e. The van der Waals surface area contributed by atoms with Crippen molar-refractivity contribution in [3.63, 3.8) is 0 Å². The molecule has 9 heteroatoms. The van der Waals surface area contributed by atoms with Crippen LogP contribution in [0, 0.1) is 0 Å². The van der Waals surface area contributed by atoms with E-state index in [1.807, 2.05) is 22.9 Å². The van der Waals surface area contributed by atoms with Gasteiger partial charge in [0.05, 0.1) is 6.54 Å². The molecular formula is C23H37N7O2. The zero-order valence-corrected chi connectivity index (χ0v) is 19.8. The van der Waals surface area contributed by atoms with E-state index in [0.29, 0.717) is 19.8 Å². The van der Waals surface area contributed by atoms with Gasteiger partial charge in [0.2, 0.25) is 0 Å². The smallest absolute Gasteiger partial charge is 0.191 e. The Balaban J connectivity index is 1.51. The van der Waals surface area contributed by atoms with Gasteiger partial charge < -0.3 is 25.0 Å². The molecule has 1 aromatic carbocycles. The van der Waals surface area contributed by atoms with E-state index in [-0.39, 0.29) is 6.04 Å². The van der Waals surface area contributed by atoms with Crippen LogP contribution in [0.3, 0.4) is 0 Å². The van der Waals surface area contributed by atoms with Crippen molar-refractivity contribution in [1.29, 1.82) is 0 Å². The molecule has 176 valence electrons. The molecule has 1 aliphatic rings. The molecule has 2 N–H and O–H groups in total. The first kappa shape index (κ1) is 24.0. The summed E-state index contributed by atoms with van der Waals surface area (Å²) >= 11 is 0. The van der Waals surface area contributed by atoms with Crippen molar-refractivity contribution in [2.75, 3.05) is 40.4 Å². The number of benzene rings is 1. The number of rotatable bonds is 11. The van der Waals surface area contributed by atoms with Crippen LogP contribution in [-0.4, -0.2) is 72.1 Å². The number of methoxy groups -OCH3 is 1. The number of aliphatic imine (C=N–C) groups is 1. The SMILES string of the molecule is CCN(CC)CCOc1ccccc1CNC(=NC)NC1CCc2nc(COC)nn2C1. The number of aryl methyl sites for hydroxylation is 1. The van der Waals surface area contributed by atoms with Crippen LogP contribution in [0.15, 0.2) is 29.3 Å². The third-order valence-electron chi connectivity index (χ3n) is 5.72. The molecule has 1 aromatic heterocycles. The summed E-state index contributed by atoms with van der Waals surface area (Å²) < 4.78 is 13.2. The molecule has 0 bridgehead atoms. The van der Waals surface area contributed by atoms with Gasteiger partial charge in [0, 0.05) is 45.3 Å². The van der Waals surface area contributed by atoms with Crippen molar-refractivity contribution in [3.05, 3.63) is 41.5 Å². The average Bonchev–Trinajstić information content (AvgIpc) is 3.22. The molecule has 1 unspecified atom stereocenters. The van der Waals surface area contributed by atoms with Gasteiger partial charge in [0.25, 0.3) is 0 Å². The quantitative estimate of drug-likeness (QED) is 0.405. The molecular weight excluding hydrogens is 406 g/mol. The molecule has 0 saturated heterocycles. The minimum absolute atomic E-state index is 0.242. The highest BCUT2D eigenvalue weighted by Gasteiger charge is 2.22. The highest BCUT2D eigenvalue weighted by Crippen LogP contribution is 2.18. The lowest BCUT2D eigenvalue weighted by Crippen LogP contribution is -2.46. The Kier molecular flexibility index (Phi) is 9.30. The van der Waals surface area contributed by atoms with E-state index in [2.05, 4.69) is 50.5 Å². The molecule has 0 amide bonds. The number of hydrogen-bond donors (Lipinski definition) is 2. The van der Waals surface area contributed by atoms with Crippen LogP contribution in [0.25, 0.3) is 0 Å². The Bertz CT molecular complexity index is 864. The van der Waals surface area contributed by atoms with Crippen molar-refractivity contribution >= 4 is 5.96 Å². The number of aromatic nitrogens is 3. The number of para-hydroxylation sites is 1. The molecule has 0 aliphatic carbocycles. The predicted molar refractivity (Wildman–Crippen MR) is 126 cm³/mol. The first-order chi connectivity index (χ1) is 15.7. The summed E-state index contributed by atoms with van der Waals surface area (Å²) in [7, 11) is 3.45. The number of ether oxygens (including phenoxy) is 2. The second kappa shape index (κ2) is 12.4. The second-order valence-corrected chi connectivity index (χ2v) is 7.85. The molecule has 0 spiro atoms. The van der Waals surface area contributed by atoms with Crippen LogP contribution < -0.4 is 15.4 Å². The van der Waals surface area contributed by atoms with E-state index in [1.54, 1.807) is 14.2 Å². The standard InChI is InChI=1S/C23H37N7O2/c1-5-29(6-2)13-14-32-20-10-8-7-9-18(20)15-25-23(24-3)26-19-11-12-22-27-21(17-31-4)28-30(22)16-19/h7-10,19H,5-6,11-17H2,1-4H3,(H2,24,25,26). The maximum absolute atomic E-state index is 6.08. The van der Waals surface area contributed by atoms with E-state index < -0.39 is 0 Å². The fourth-order valence-corrected chi connectivity index (χ4v) is 3.85. The van der Waals surface area contributed by atoms with Crippen LogP contribution in [0.5, 0.6) is 5.75 Å². The summed E-state index contributed by atoms with van der Waals surface area (Å²) in [4.78, 5) is 11.3. The molecule has 32 heavy (non-hydrogen) atoms. The van der Waals surface area contributed by atoms with Crippen molar-refractivity contribution in [3.8, 4) is 5.75 Å². The first-order valence-electron chi connectivity index (χ1n) is 11.5. The van der Waals surface area contributed by atoms with E-state index >= 15 is 0 Å². The van der Waals surface area contributed by atoms with Gasteiger partial charge in [-0.2, -0.15) is 5.10 Å². The highest BCUT2D eigenvalue weighted by atomic mass is 16.5. The van der Waals surface area contributed by atoms with Crippen molar-refractivity contribution in [2.45, 2.75) is 52.4 Å². The van der Waals surface area contributed by atoms with Crippen molar-refractivity contribution in [1.82, 2.24) is 30.3 Å². The van der Waals surface area contributed by atoms with Gasteiger partial charge in [0.1, 0.15) is 24.8 Å². The van der Waals surface area contributed by atoms with Crippen LogP contribution in [0.4, 0.5) is 0 Å². The minimum atomic E-state index is 0.242. The van der Waals surface area contributed by atoms with Gasteiger partial charge in [-0.25, -0.2) is 9.67 Å². The topological polar surface area (TPSA) is 88.8 Å². The van der Waals surface area contributed by atoms with Crippen LogP contribution in [0.2, 0.25) is 0 Å². The van der Waals surface area contributed by atoms with Crippen molar-refractivity contribution in [2.24, 2.45) is 4.99 Å². The Morgan fingerprint density at radius 3 is 2.84 bits per heavy atom. The molecule has 2 aromatic rings. The Labute approximate surface area is 191 Å². The number of likely N-dealkylation sites (N-methyl/N-ethyl adjacent to an activating group) is 1. The number of hydrogen-bond acceptors (Lipinski definition) is 6. The molecule has 0 fully saturated rings. The molecule has 3 rings (SSSR count). The summed E-state index contributed by atoms with van der Waals surface area (Å²) in [6.45, 7) is 9.88. The maximum atomic E-state index is 6.08. The second-order valence-electron chi connectivity index (χ2n) is 7.85. The molecule has 0 radical (unpaired) electrons. The fraction of sp³-hybridized carbons (Fsp3) is 0.609. The summed E-state index contributed by atoms with van der Waals surface area (Å²) in [5.74, 6) is 3.45. The summed E-state index contributed by atoms with van der Waals surface area (Å²) in [6, 6.07) is 8.41. The van der Waals surface area contributed by atoms with Gasteiger partial charge in [-0.1, -0.05) is 32.0 Å². The number of fused-ring (bicyclic) bond motifs is 1. The maximum Gasteiger partial charge on any atom is 0.191 e. The normalized spacial score (nSPS) is 16.2. The first-order valence-corrected chi connectivity index (χ1v) is 11.5. The summed E-state index contributed by atoms with van der Waals surface area (Å²) in [5, 5.41) is 11.5. The lowest BCUT2D eigenvalue weighted by Gasteiger charge is -2.25. The summed E-state index contributed by atoms with van der Waals surface area (Å²) in [6.07, 6.45) is 1.87. The zero-order chi connectivity index (χ0) is 22.8. The van der Waals surface area contributed by atoms with E-state index in [4.69, 9.17) is 9.47 Å². The largest absolute Gasteiger partial charge is 0.492 e. The van der Waals surface area contributed by atoms with Gasteiger partial charge >= 0.3 is 0 Å². The highest BCUT2D eigenvalue weighted by molar-refractivity contribution is 5.80. The average molecular weight is 444 g/mol. The van der Waals surface area contributed by atoms with Crippen LogP contribution >= 0.6 is 0 Å². The van der Waals surface area contributed by atoms with Crippen molar-refractivity contribution < 1.29 is 9.47 Å². The molecule has 0 saturated carbocycles. The molecule has 1 aliphatic heterocycles. The third-order valence-corrected chi connectivity index (χ3v) is 5.72. The summed E-state index contributed by atoms with van der Waals surface area (Å²) in [5.41, 5.74) is 1.11. The van der Waals surface area contributed by atoms with E-state index in [1.165, 1.54) is 0 Å². The van der Waals surface area contributed by atoms with Gasteiger partial charge in [0.15, 0.2) is 11.8 Å². The van der Waals surface area contributed by atoms with E-state index in [0.717, 1.165) is 67.9 Å². The Hall–Kier alpha value is -2.65. The Morgan fingerprint density at radius 2 is 2.09 bits per heavy atom. The van der Waals surface area contributed by atoms with Crippen LogP contribution in [0.1, 0.15) is 37.5 Å². The number of nitrogens with one attached hydrogen (secondary N) is 2. The lowest BCUT2D eigenvalue weighted by atomic mass is 10.1. The predicted octanol–water partition coefficient (Wildman–Crippen LogP) is 1.83. The fourth-order valence-electron chi connectivity index (χ4n) is 3.85. The molecule has 9 nitrogen and oxygen atoms in total. The monoisotopic (exact) mass is 443 g/mol. The van der Waals surface area contributed by atoms with Crippen LogP contribution in [-0.2, 0) is 30.9 Å². The number of guanidine groups is 1. The molecule has 1 atom stereocenters. The molecule has 2 heterocycles. The zero-order valence-electron chi connectivity index (χ0n) is 19.8. The lowest BCUT2D eigenvalue weighted by molar-refractivity contribution is 0.177. The van der Waals surface area contributed by atoms with E-state index in [9.17, 15) is 0 Å². The third kappa shape index (κ3) is 6.67. The van der Waals surface area contributed by atoms with Gasteiger partial charge in [-0.05, 0) is 25.6 Å². The van der Waals surface area contributed by atoms with Gasteiger partial charge in [-0.3, -0.25) is 4.99 Å².